The van der Waals surface area contributed by atoms with Crippen molar-refractivity contribution in [2.24, 2.45) is 0 Å². The summed E-state index contributed by atoms with van der Waals surface area (Å²) in [6.07, 6.45) is 0. The van der Waals surface area contributed by atoms with Gasteiger partial charge in [-0.15, -0.1) is 0 Å². The van der Waals surface area contributed by atoms with Crippen molar-refractivity contribution in [1.82, 2.24) is 5.16 Å². The molecule has 3 aromatic rings. The first-order chi connectivity index (χ1) is 14.6. The largest absolute Gasteiger partial charge is 0.503 e. The second-order valence-corrected chi connectivity index (χ2v) is 8.75. The summed E-state index contributed by atoms with van der Waals surface area (Å²) in [5.74, 6) is -0.548. The fourth-order valence-electron chi connectivity index (χ4n) is 3.71. The predicted molar refractivity (Wildman–Crippen MR) is 114 cm³/mol. The molecular formula is C24H24N2O5. The quantitative estimate of drug-likeness (QED) is 0.599. The van der Waals surface area contributed by atoms with Crippen LogP contribution in [0.15, 0.2) is 62.7 Å². The van der Waals surface area contributed by atoms with Crippen LogP contribution < -0.4 is 4.90 Å². The number of aryl methyl sites for hydroxylation is 2. The standard InChI is InChI=1S/C24H24N2O5/c1-13-6-11-17(30-13)21(27)19-20(15-7-9-16(10-8-15)24(3,4)5)26(23(29)22(19)28)18-12-14(2)31-25-18/h6-12,20,28H,1-5H3/t20-/m0/s1. The van der Waals surface area contributed by atoms with E-state index in [1.165, 1.54) is 11.0 Å². The van der Waals surface area contributed by atoms with Crippen molar-refractivity contribution in [3.05, 3.63) is 82.2 Å². The Morgan fingerprint density at radius 3 is 2.26 bits per heavy atom. The molecule has 0 spiro atoms. The van der Waals surface area contributed by atoms with Gasteiger partial charge in [-0.3, -0.25) is 14.5 Å². The third-order valence-electron chi connectivity index (χ3n) is 5.37. The molecule has 4 rings (SSSR count). The molecule has 160 valence electrons. The van der Waals surface area contributed by atoms with E-state index in [4.69, 9.17) is 8.94 Å². The fraction of sp³-hybridized carbons (Fsp3) is 0.292. The van der Waals surface area contributed by atoms with E-state index in [0.717, 1.165) is 5.56 Å². The van der Waals surface area contributed by atoms with E-state index >= 15 is 0 Å². The van der Waals surface area contributed by atoms with Gasteiger partial charge < -0.3 is 14.0 Å². The minimum Gasteiger partial charge on any atom is -0.503 e. The van der Waals surface area contributed by atoms with Crippen LogP contribution in [0, 0.1) is 13.8 Å². The predicted octanol–water partition coefficient (Wildman–Crippen LogP) is 4.96. The molecule has 1 aromatic carbocycles. The van der Waals surface area contributed by atoms with Crippen molar-refractivity contribution in [2.75, 3.05) is 4.90 Å². The van der Waals surface area contributed by atoms with Gasteiger partial charge in [0.15, 0.2) is 17.3 Å². The average Bonchev–Trinajstić information content (AvgIpc) is 3.40. The first kappa shape index (κ1) is 20.7. The van der Waals surface area contributed by atoms with E-state index in [9.17, 15) is 14.7 Å². The first-order valence-electron chi connectivity index (χ1n) is 9.99. The molecule has 31 heavy (non-hydrogen) atoms. The Kier molecular flexibility index (Phi) is 4.84. The molecule has 7 nitrogen and oxygen atoms in total. The summed E-state index contributed by atoms with van der Waals surface area (Å²) in [5.41, 5.74) is 1.66. The maximum Gasteiger partial charge on any atom is 0.295 e. The maximum atomic E-state index is 13.3. The first-order valence-corrected chi connectivity index (χ1v) is 9.99. The van der Waals surface area contributed by atoms with Crippen molar-refractivity contribution in [3.8, 4) is 0 Å². The molecule has 1 aliphatic rings. The zero-order chi connectivity index (χ0) is 22.5. The molecule has 1 amide bonds. The van der Waals surface area contributed by atoms with Crippen LogP contribution >= 0.6 is 0 Å². The van der Waals surface area contributed by atoms with E-state index in [0.29, 0.717) is 17.1 Å². The number of amides is 1. The van der Waals surface area contributed by atoms with Crippen molar-refractivity contribution >= 4 is 17.5 Å². The van der Waals surface area contributed by atoms with Crippen LogP contribution in [-0.2, 0) is 10.2 Å². The lowest BCUT2D eigenvalue weighted by Gasteiger charge is -2.25. The molecule has 0 radical (unpaired) electrons. The Bertz CT molecular complexity index is 1190. The smallest absolute Gasteiger partial charge is 0.295 e. The molecule has 0 saturated carbocycles. The van der Waals surface area contributed by atoms with E-state index in [1.807, 2.05) is 24.3 Å². The van der Waals surface area contributed by atoms with Gasteiger partial charge >= 0.3 is 0 Å². The molecule has 0 bridgehead atoms. The van der Waals surface area contributed by atoms with E-state index in [1.54, 1.807) is 26.0 Å². The SMILES string of the molecule is Cc1cc(N2C(=O)C(O)=C(C(=O)c3ccc(C)o3)[C@@H]2c2ccc(C(C)(C)C)cc2)no1. The summed E-state index contributed by atoms with van der Waals surface area (Å²) in [6.45, 7) is 9.73. The molecule has 7 heteroatoms. The number of aliphatic hydroxyl groups is 1. The summed E-state index contributed by atoms with van der Waals surface area (Å²) in [4.78, 5) is 27.6. The molecule has 0 fully saturated rings. The number of aliphatic hydroxyl groups excluding tert-OH is 1. The highest BCUT2D eigenvalue weighted by atomic mass is 16.5. The van der Waals surface area contributed by atoms with Crippen LogP contribution in [0.4, 0.5) is 5.82 Å². The van der Waals surface area contributed by atoms with Crippen molar-refractivity contribution < 1.29 is 23.6 Å². The van der Waals surface area contributed by atoms with Gasteiger partial charge in [-0.05, 0) is 42.5 Å². The zero-order valence-corrected chi connectivity index (χ0v) is 18.1. The number of hydrogen-bond donors (Lipinski definition) is 1. The van der Waals surface area contributed by atoms with Gasteiger partial charge in [-0.1, -0.05) is 50.2 Å². The topological polar surface area (TPSA) is 96.8 Å². The number of ketones is 1. The number of hydrogen-bond acceptors (Lipinski definition) is 6. The van der Waals surface area contributed by atoms with Gasteiger partial charge in [0, 0.05) is 6.07 Å². The second-order valence-electron chi connectivity index (χ2n) is 8.75. The molecule has 0 aliphatic carbocycles. The summed E-state index contributed by atoms with van der Waals surface area (Å²) in [5, 5.41) is 14.7. The number of nitrogens with zero attached hydrogens (tertiary/aromatic N) is 2. The minimum atomic E-state index is -0.871. The Labute approximate surface area is 180 Å². The highest BCUT2D eigenvalue weighted by molar-refractivity contribution is 6.19. The van der Waals surface area contributed by atoms with Crippen LogP contribution in [0.1, 0.15) is 60.0 Å². The van der Waals surface area contributed by atoms with E-state index < -0.39 is 23.5 Å². The number of benzene rings is 1. The summed E-state index contributed by atoms with van der Waals surface area (Å²) in [7, 11) is 0. The van der Waals surface area contributed by atoms with Crippen LogP contribution in [0.5, 0.6) is 0 Å². The molecule has 1 atom stereocenters. The van der Waals surface area contributed by atoms with Gasteiger partial charge in [0.2, 0.25) is 5.78 Å². The average molecular weight is 420 g/mol. The van der Waals surface area contributed by atoms with Crippen LogP contribution in [0.3, 0.4) is 0 Å². The lowest BCUT2D eigenvalue weighted by Crippen LogP contribution is -2.31. The summed E-state index contributed by atoms with van der Waals surface area (Å²) >= 11 is 0. The van der Waals surface area contributed by atoms with Crippen LogP contribution in [0.25, 0.3) is 0 Å². The number of Topliss-reactive ketones (excluding diaryl/α,β-unsaturated/α-hetero) is 1. The highest BCUT2D eigenvalue weighted by Crippen LogP contribution is 2.42. The fourth-order valence-corrected chi connectivity index (χ4v) is 3.71. The number of carbonyl (C=O) groups excluding carboxylic acids is 2. The van der Waals surface area contributed by atoms with Crippen molar-refractivity contribution in [2.45, 2.75) is 46.1 Å². The summed E-state index contributed by atoms with van der Waals surface area (Å²) in [6, 6.07) is 11.5. The van der Waals surface area contributed by atoms with Crippen molar-refractivity contribution in [3.63, 3.8) is 0 Å². The number of anilines is 1. The normalized spacial score (nSPS) is 17.0. The second kappa shape index (κ2) is 7.27. The molecule has 1 aliphatic heterocycles. The van der Waals surface area contributed by atoms with E-state index in [-0.39, 0.29) is 22.6 Å². The zero-order valence-electron chi connectivity index (χ0n) is 18.1. The maximum absolute atomic E-state index is 13.3. The number of aromatic nitrogens is 1. The Morgan fingerprint density at radius 1 is 1.06 bits per heavy atom. The minimum absolute atomic E-state index is 0.0523. The molecule has 1 N–H and O–H groups in total. The van der Waals surface area contributed by atoms with Gasteiger partial charge in [0.05, 0.1) is 11.6 Å². The third kappa shape index (κ3) is 3.56. The van der Waals surface area contributed by atoms with E-state index in [2.05, 4.69) is 25.9 Å². The Balaban J connectivity index is 1.85. The lowest BCUT2D eigenvalue weighted by atomic mass is 9.85. The lowest BCUT2D eigenvalue weighted by molar-refractivity contribution is -0.117. The molecular weight excluding hydrogens is 396 g/mol. The number of rotatable bonds is 4. The summed E-state index contributed by atoms with van der Waals surface area (Å²) < 4.78 is 10.6. The van der Waals surface area contributed by atoms with Crippen LogP contribution in [0.2, 0.25) is 0 Å². The number of furan rings is 1. The monoisotopic (exact) mass is 420 g/mol. The molecule has 0 unspecified atom stereocenters. The van der Waals surface area contributed by atoms with Crippen LogP contribution in [-0.4, -0.2) is 22.0 Å². The number of carbonyl (C=O) groups is 2. The molecule has 0 saturated heterocycles. The van der Waals surface area contributed by atoms with Gasteiger partial charge in [-0.2, -0.15) is 0 Å². The Morgan fingerprint density at radius 2 is 1.74 bits per heavy atom. The third-order valence-corrected chi connectivity index (χ3v) is 5.37. The van der Waals surface area contributed by atoms with Gasteiger partial charge in [-0.25, -0.2) is 0 Å². The van der Waals surface area contributed by atoms with Gasteiger partial charge in [0.1, 0.15) is 11.5 Å². The molecule has 2 aromatic heterocycles. The van der Waals surface area contributed by atoms with Gasteiger partial charge in [0.25, 0.3) is 5.91 Å². The molecule has 3 heterocycles. The van der Waals surface area contributed by atoms with Crippen molar-refractivity contribution in [1.29, 1.82) is 0 Å². The Hall–Kier alpha value is -3.61. The highest BCUT2D eigenvalue weighted by Gasteiger charge is 2.46.